The lowest BCUT2D eigenvalue weighted by molar-refractivity contribution is -0.119. The fourth-order valence-electron chi connectivity index (χ4n) is 1.06. The van der Waals surface area contributed by atoms with E-state index in [1.54, 1.807) is 12.1 Å². The molecular weight excluding hydrogens is 199 g/mol. The van der Waals surface area contributed by atoms with Crippen molar-refractivity contribution in [3.63, 3.8) is 0 Å². The van der Waals surface area contributed by atoms with Gasteiger partial charge in [-0.1, -0.05) is 6.07 Å². The quantitative estimate of drug-likeness (QED) is 0.759. The maximum Gasteiger partial charge on any atom is 0.234 e. The Bertz CT molecular complexity index is 355. The summed E-state index contributed by atoms with van der Waals surface area (Å²) in [5, 5.41) is 2.48. The topological polar surface area (TPSA) is 64.3 Å². The number of nitrogens with one attached hydrogen (secondary N) is 1. The van der Waals surface area contributed by atoms with E-state index in [1.165, 1.54) is 13.2 Å². The zero-order valence-corrected chi connectivity index (χ0v) is 8.42. The van der Waals surface area contributed by atoms with Crippen molar-refractivity contribution in [2.24, 2.45) is 5.73 Å². The van der Waals surface area contributed by atoms with E-state index in [0.717, 1.165) is 0 Å². The van der Waals surface area contributed by atoms with Crippen molar-refractivity contribution in [1.82, 2.24) is 5.32 Å². The van der Waals surface area contributed by atoms with Crippen LogP contribution in [0.5, 0.6) is 5.75 Å². The Morgan fingerprint density at radius 1 is 1.60 bits per heavy atom. The van der Waals surface area contributed by atoms with Crippen LogP contribution in [0.2, 0.25) is 0 Å². The zero-order valence-electron chi connectivity index (χ0n) is 8.42. The monoisotopic (exact) mass is 212 g/mol. The molecular formula is C10H13FN2O2. The average molecular weight is 212 g/mol. The normalized spacial score (nSPS) is 9.80. The van der Waals surface area contributed by atoms with E-state index in [-0.39, 0.29) is 19.0 Å². The molecule has 1 aromatic rings. The SMILES string of the molecule is COc1ccc(CNC(=O)CN)c(F)c1. The third-order valence-corrected chi connectivity index (χ3v) is 1.92. The number of nitrogens with two attached hydrogens (primary N) is 1. The molecule has 82 valence electrons. The first-order chi connectivity index (χ1) is 7.17. The van der Waals surface area contributed by atoms with Crippen LogP contribution in [0.3, 0.4) is 0 Å². The molecule has 0 saturated heterocycles. The van der Waals surface area contributed by atoms with Crippen LogP contribution in [0.1, 0.15) is 5.56 Å². The van der Waals surface area contributed by atoms with Gasteiger partial charge in [-0.15, -0.1) is 0 Å². The summed E-state index contributed by atoms with van der Waals surface area (Å²) in [5.74, 6) is -0.279. The van der Waals surface area contributed by atoms with E-state index in [9.17, 15) is 9.18 Å². The van der Waals surface area contributed by atoms with Gasteiger partial charge in [-0.05, 0) is 6.07 Å². The summed E-state index contributed by atoms with van der Waals surface area (Å²) in [6.07, 6.45) is 0. The van der Waals surface area contributed by atoms with Gasteiger partial charge in [0, 0.05) is 18.2 Å². The standard InChI is InChI=1S/C10H13FN2O2/c1-15-8-3-2-7(9(11)4-8)6-13-10(14)5-12/h2-4H,5-6,12H2,1H3,(H,13,14). The van der Waals surface area contributed by atoms with Crippen LogP contribution in [-0.4, -0.2) is 19.6 Å². The second kappa shape index (κ2) is 5.31. The highest BCUT2D eigenvalue weighted by Gasteiger charge is 2.05. The predicted molar refractivity (Wildman–Crippen MR) is 53.9 cm³/mol. The smallest absolute Gasteiger partial charge is 0.234 e. The molecule has 1 amide bonds. The minimum absolute atomic E-state index is 0.0994. The zero-order chi connectivity index (χ0) is 11.3. The van der Waals surface area contributed by atoms with Gasteiger partial charge in [0.2, 0.25) is 5.91 Å². The van der Waals surface area contributed by atoms with Crippen molar-refractivity contribution >= 4 is 5.91 Å². The summed E-state index contributed by atoms with van der Waals surface area (Å²) in [6, 6.07) is 4.46. The van der Waals surface area contributed by atoms with Crippen LogP contribution in [0.15, 0.2) is 18.2 Å². The average Bonchev–Trinajstić information content (AvgIpc) is 2.26. The molecule has 0 bridgehead atoms. The van der Waals surface area contributed by atoms with Gasteiger partial charge in [0.05, 0.1) is 13.7 Å². The number of hydrogen-bond donors (Lipinski definition) is 2. The lowest BCUT2D eigenvalue weighted by Gasteiger charge is -2.06. The maximum absolute atomic E-state index is 13.3. The van der Waals surface area contributed by atoms with Gasteiger partial charge >= 0.3 is 0 Å². The molecule has 0 heterocycles. The summed E-state index contributed by atoms with van der Waals surface area (Å²) >= 11 is 0. The summed E-state index contributed by atoms with van der Waals surface area (Å²) in [7, 11) is 1.46. The lowest BCUT2D eigenvalue weighted by Crippen LogP contribution is -2.29. The number of carbonyl (C=O) groups is 1. The maximum atomic E-state index is 13.3. The molecule has 1 aromatic carbocycles. The number of benzene rings is 1. The van der Waals surface area contributed by atoms with Crippen LogP contribution >= 0.6 is 0 Å². The Morgan fingerprint density at radius 2 is 2.33 bits per heavy atom. The first-order valence-electron chi connectivity index (χ1n) is 4.46. The molecule has 0 aliphatic carbocycles. The Balaban J connectivity index is 2.66. The van der Waals surface area contributed by atoms with Crippen LogP contribution < -0.4 is 15.8 Å². The van der Waals surface area contributed by atoms with Gasteiger partial charge in [-0.2, -0.15) is 0 Å². The molecule has 4 nitrogen and oxygen atoms in total. The number of hydrogen-bond acceptors (Lipinski definition) is 3. The number of carbonyl (C=O) groups excluding carboxylic acids is 1. The fourth-order valence-corrected chi connectivity index (χ4v) is 1.06. The Kier molecular flexibility index (Phi) is 4.05. The van der Waals surface area contributed by atoms with Gasteiger partial charge in [-0.3, -0.25) is 4.79 Å². The summed E-state index contributed by atoms with van der Waals surface area (Å²) in [5.41, 5.74) is 5.49. The van der Waals surface area contributed by atoms with Crippen molar-refractivity contribution in [2.75, 3.05) is 13.7 Å². The molecule has 0 saturated carbocycles. The van der Waals surface area contributed by atoms with Gasteiger partial charge in [0.1, 0.15) is 11.6 Å². The fraction of sp³-hybridized carbons (Fsp3) is 0.300. The number of halogens is 1. The van der Waals surface area contributed by atoms with E-state index in [2.05, 4.69) is 5.32 Å². The number of rotatable bonds is 4. The van der Waals surface area contributed by atoms with E-state index >= 15 is 0 Å². The second-order valence-corrected chi connectivity index (χ2v) is 2.94. The van der Waals surface area contributed by atoms with Crippen molar-refractivity contribution < 1.29 is 13.9 Å². The van der Waals surface area contributed by atoms with E-state index < -0.39 is 5.82 Å². The van der Waals surface area contributed by atoms with Crippen molar-refractivity contribution in [3.05, 3.63) is 29.6 Å². The molecule has 0 atom stereocenters. The Labute approximate surface area is 87.2 Å². The predicted octanol–water partition coefficient (Wildman–Crippen LogP) is 0.409. The van der Waals surface area contributed by atoms with Crippen LogP contribution in [0.25, 0.3) is 0 Å². The molecule has 1 rings (SSSR count). The lowest BCUT2D eigenvalue weighted by atomic mass is 10.2. The molecule has 0 fully saturated rings. The number of methoxy groups -OCH3 is 1. The van der Waals surface area contributed by atoms with E-state index in [0.29, 0.717) is 11.3 Å². The largest absolute Gasteiger partial charge is 0.497 e. The molecule has 0 aliphatic heterocycles. The van der Waals surface area contributed by atoms with Crippen LogP contribution in [0, 0.1) is 5.82 Å². The second-order valence-electron chi connectivity index (χ2n) is 2.94. The van der Waals surface area contributed by atoms with Crippen molar-refractivity contribution in [1.29, 1.82) is 0 Å². The third kappa shape index (κ3) is 3.21. The first kappa shape index (κ1) is 11.5. The molecule has 0 unspecified atom stereocenters. The third-order valence-electron chi connectivity index (χ3n) is 1.92. The molecule has 0 aromatic heterocycles. The summed E-state index contributed by atoms with van der Waals surface area (Å²) < 4.78 is 18.2. The van der Waals surface area contributed by atoms with Crippen LogP contribution in [0.4, 0.5) is 4.39 Å². The molecule has 0 radical (unpaired) electrons. The van der Waals surface area contributed by atoms with Gasteiger partial charge < -0.3 is 15.8 Å². The Morgan fingerprint density at radius 3 is 2.87 bits per heavy atom. The highest BCUT2D eigenvalue weighted by atomic mass is 19.1. The minimum atomic E-state index is -0.410. The number of amides is 1. The minimum Gasteiger partial charge on any atom is -0.497 e. The molecule has 5 heteroatoms. The van der Waals surface area contributed by atoms with Crippen LogP contribution in [-0.2, 0) is 11.3 Å². The Hall–Kier alpha value is -1.62. The first-order valence-corrected chi connectivity index (χ1v) is 4.46. The molecule has 3 N–H and O–H groups in total. The number of ether oxygens (including phenoxy) is 1. The van der Waals surface area contributed by atoms with E-state index in [4.69, 9.17) is 10.5 Å². The van der Waals surface area contributed by atoms with Gasteiger partial charge in [0.15, 0.2) is 0 Å². The molecule has 15 heavy (non-hydrogen) atoms. The van der Waals surface area contributed by atoms with Crippen molar-refractivity contribution in [2.45, 2.75) is 6.54 Å². The highest BCUT2D eigenvalue weighted by Crippen LogP contribution is 2.15. The van der Waals surface area contributed by atoms with Crippen molar-refractivity contribution in [3.8, 4) is 5.75 Å². The molecule has 0 aliphatic rings. The van der Waals surface area contributed by atoms with E-state index in [1.807, 2.05) is 0 Å². The van der Waals surface area contributed by atoms with Gasteiger partial charge in [-0.25, -0.2) is 4.39 Å². The highest BCUT2D eigenvalue weighted by molar-refractivity contribution is 5.77. The van der Waals surface area contributed by atoms with Gasteiger partial charge in [0.25, 0.3) is 0 Å². The summed E-state index contributed by atoms with van der Waals surface area (Å²) in [4.78, 5) is 10.8. The summed E-state index contributed by atoms with van der Waals surface area (Å²) in [6.45, 7) is 0.0314. The molecule has 0 spiro atoms.